The number of carbonyl (C=O) groups is 1. The molecule has 0 saturated carbocycles. The smallest absolute Gasteiger partial charge is 0.313 e. The van der Waals surface area contributed by atoms with Crippen molar-refractivity contribution in [3.63, 3.8) is 0 Å². The van der Waals surface area contributed by atoms with Gasteiger partial charge >= 0.3 is 5.97 Å². The number of unbranched alkanes of at least 4 members (excludes halogenated alkanes) is 11. The van der Waals surface area contributed by atoms with Crippen LogP contribution in [-0.2, 0) is 4.79 Å². The van der Waals surface area contributed by atoms with Crippen LogP contribution in [0.15, 0.2) is 0 Å². The minimum atomic E-state index is -0.702. The highest BCUT2D eigenvalue weighted by atomic mass is 32.2. The summed E-state index contributed by atoms with van der Waals surface area (Å²) >= 11 is 1.53. The van der Waals surface area contributed by atoms with E-state index in [1.54, 1.807) is 0 Å². The maximum atomic E-state index is 10.3. The Labute approximate surface area is 128 Å². The number of thioether (sulfide) groups is 1. The first-order valence-electron chi connectivity index (χ1n) is 8.17. The van der Waals surface area contributed by atoms with Crippen molar-refractivity contribution in [3.05, 3.63) is 0 Å². The third-order valence-electron chi connectivity index (χ3n) is 3.42. The molecular formula is C16H32O3S. The van der Waals surface area contributed by atoms with Gasteiger partial charge < -0.3 is 10.2 Å². The lowest BCUT2D eigenvalue weighted by Crippen LogP contribution is -1.98. The highest BCUT2D eigenvalue weighted by Crippen LogP contribution is 2.13. The van der Waals surface area contributed by atoms with Crippen molar-refractivity contribution in [2.45, 2.75) is 77.0 Å². The molecule has 0 aromatic heterocycles. The predicted molar refractivity (Wildman–Crippen MR) is 87.5 cm³/mol. The molecule has 0 spiro atoms. The van der Waals surface area contributed by atoms with Gasteiger partial charge in [-0.2, -0.15) is 11.8 Å². The third kappa shape index (κ3) is 17.8. The van der Waals surface area contributed by atoms with Gasteiger partial charge in [-0.1, -0.05) is 64.2 Å². The number of hydrogen-bond donors (Lipinski definition) is 2. The molecule has 120 valence electrons. The van der Waals surface area contributed by atoms with Gasteiger partial charge in [-0.15, -0.1) is 0 Å². The van der Waals surface area contributed by atoms with Crippen molar-refractivity contribution in [3.8, 4) is 0 Å². The second kappa shape index (κ2) is 16.8. The van der Waals surface area contributed by atoms with Crippen molar-refractivity contribution in [2.24, 2.45) is 0 Å². The highest BCUT2D eigenvalue weighted by molar-refractivity contribution is 7.99. The Morgan fingerprint density at radius 1 is 0.700 bits per heavy atom. The molecule has 0 aromatic rings. The molecule has 0 aliphatic heterocycles. The molecule has 0 fully saturated rings. The van der Waals surface area contributed by atoms with E-state index in [2.05, 4.69) is 0 Å². The number of hydrogen-bond acceptors (Lipinski definition) is 3. The molecule has 2 N–H and O–H groups in total. The quantitative estimate of drug-likeness (QED) is 0.413. The number of carboxylic acids is 1. The van der Waals surface area contributed by atoms with Crippen molar-refractivity contribution < 1.29 is 15.0 Å². The Bertz CT molecular complexity index is 210. The number of carboxylic acid groups (broad SMARTS) is 1. The summed E-state index contributed by atoms with van der Waals surface area (Å²) in [5.74, 6) is 0.532. The van der Waals surface area contributed by atoms with Crippen LogP contribution in [0.4, 0.5) is 0 Å². The summed E-state index contributed by atoms with van der Waals surface area (Å²) in [4.78, 5) is 10.3. The molecule has 0 rings (SSSR count). The van der Waals surface area contributed by atoms with E-state index < -0.39 is 5.97 Å². The first kappa shape index (κ1) is 19.8. The van der Waals surface area contributed by atoms with Gasteiger partial charge in [0.25, 0.3) is 0 Å². The molecule has 0 heterocycles. The van der Waals surface area contributed by atoms with Gasteiger partial charge in [0.1, 0.15) is 0 Å². The number of aliphatic hydroxyl groups is 1. The Kier molecular flexibility index (Phi) is 16.6. The number of rotatable bonds is 16. The summed E-state index contributed by atoms with van der Waals surface area (Å²) in [6.07, 6.45) is 15.2. The Hall–Kier alpha value is -0.220. The molecule has 0 atom stereocenters. The van der Waals surface area contributed by atoms with Gasteiger partial charge in [0.15, 0.2) is 0 Å². The van der Waals surface area contributed by atoms with Crippen LogP contribution in [0, 0.1) is 0 Å². The van der Waals surface area contributed by atoms with Gasteiger partial charge in [0.2, 0.25) is 0 Å². The number of aliphatic carboxylic acids is 1. The second-order valence-corrected chi connectivity index (χ2v) is 6.52. The first-order chi connectivity index (χ1) is 9.77. The Balaban J connectivity index is 2.94. The van der Waals surface area contributed by atoms with E-state index in [1.807, 2.05) is 0 Å². The molecule has 20 heavy (non-hydrogen) atoms. The summed E-state index contributed by atoms with van der Waals surface area (Å²) in [7, 11) is 0. The fourth-order valence-electron chi connectivity index (χ4n) is 2.24. The predicted octanol–water partition coefficient (Wildman–Crippen LogP) is 4.48. The van der Waals surface area contributed by atoms with E-state index in [4.69, 9.17) is 10.2 Å². The zero-order valence-electron chi connectivity index (χ0n) is 12.8. The van der Waals surface area contributed by atoms with Crippen LogP contribution in [0.2, 0.25) is 0 Å². The number of aliphatic hydroxyl groups excluding tert-OH is 1. The lowest BCUT2D eigenvalue weighted by Gasteiger charge is -2.03. The molecule has 0 saturated heterocycles. The topological polar surface area (TPSA) is 57.5 Å². The third-order valence-corrected chi connectivity index (χ3v) is 4.45. The van der Waals surface area contributed by atoms with Crippen LogP contribution >= 0.6 is 11.8 Å². The average Bonchev–Trinajstić information content (AvgIpc) is 2.43. The summed E-state index contributed by atoms with van der Waals surface area (Å²) < 4.78 is 0. The van der Waals surface area contributed by atoms with Crippen molar-refractivity contribution in [1.29, 1.82) is 0 Å². The van der Waals surface area contributed by atoms with Crippen molar-refractivity contribution in [1.82, 2.24) is 0 Å². The lowest BCUT2D eigenvalue weighted by atomic mass is 10.1. The van der Waals surface area contributed by atoms with Gasteiger partial charge in [0, 0.05) is 6.61 Å². The molecule has 0 aromatic carbocycles. The van der Waals surface area contributed by atoms with E-state index in [0.717, 1.165) is 18.6 Å². The minimum absolute atomic E-state index is 0.248. The SMILES string of the molecule is O=C(O)CSCCCCCCCCCCCCCCO. The minimum Gasteiger partial charge on any atom is -0.481 e. The molecule has 3 nitrogen and oxygen atoms in total. The molecule has 4 heteroatoms. The van der Waals surface area contributed by atoms with Gasteiger partial charge in [0.05, 0.1) is 5.75 Å². The van der Waals surface area contributed by atoms with E-state index in [-0.39, 0.29) is 5.75 Å². The lowest BCUT2D eigenvalue weighted by molar-refractivity contribution is -0.133. The van der Waals surface area contributed by atoms with E-state index >= 15 is 0 Å². The summed E-state index contributed by atoms with van der Waals surface area (Å²) in [5.41, 5.74) is 0. The molecule has 0 unspecified atom stereocenters. The molecular weight excluding hydrogens is 272 g/mol. The molecule has 0 radical (unpaired) electrons. The van der Waals surface area contributed by atoms with Crippen molar-refractivity contribution >= 4 is 17.7 Å². The largest absolute Gasteiger partial charge is 0.481 e. The summed E-state index contributed by atoms with van der Waals surface area (Å²) in [5, 5.41) is 17.1. The summed E-state index contributed by atoms with van der Waals surface area (Å²) in [6.45, 7) is 0.342. The summed E-state index contributed by atoms with van der Waals surface area (Å²) in [6, 6.07) is 0. The van der Waals surface area contributed by atoms with Crippen LogP contribution in [-0.4, -0.2) is 34.3 Å². The zero-order valence-corrected chi connectivity index (χ0v) is 13.6. The van der Waals surface area contributed by atoms with E-state index in [1.165, 1.54) is 76.0 Å². The standard InChI is InChI=1S/C16H32O3S/c17-13-11-9-7-5-3-1-2-4-6-8-10-12-14-20-15-16(18)19/h17H,1-15H2,(H,18,19). The Morgan fingerprint density at radius 3 is 1.50 bits per heavy atom. The fraction of sp³-hybridized carbons (Fsp3) is 0.938. The van der Waals surface area contributed by atoms with Gasteiger partial charge in [-0.3, -0.25) is 4.79 Å². The van der Waals surface area contributed by atoms with Crippen LogP contribution in [0.5, 0.6) is 0 Å². The zero-order chi connectivity index (χ0) is 14.9. The Morgan fingerprint density at radius 2 is 1.10 bits per heavy atom. The monoisotopic (exact) mass is 304 g/mol. The first-order valence-corrected chi connectivity index (χ1v) is 9.33. The molecule has 0 aliphatic rings. The normalized spacial score (nSPS) is 10.8. The van der Waals surface area contributed by atoms with Gasteiger partial charge in [-0.25, -0.2) is 0 Å². The maximum Gasteiger partial charge on any atom is 0.313 e. The maximum absolute atomic E-state index is 10.3. The molecule has 0 aliphatic carbocycles. The van der Waals surface area contributed by atoms with Crippen LogP contribution in [0.25, 0.3) is 0 Å². The highest BCUT2D eigenvalue weighted by Gasteiger charge is 1.97. The van der Waals surface area contributed by atoms with Crippen LogP contribution < -0.4 is 0 Å². The molecule has 0 bridgehead atoms. The van der Waals surface area contributed by atoms with Crippen molar-refractivity contribution in [2.75, 3.05) is 18.1 Å². The van der Waals surface area contributed by atoms with E-state index in [9.17, 15) is 4.79 Å². The molecule has 0 amide bonds. The van der Waals surface area contributed by atoms with Gasteiger partial charge in [-0.05, 0) is 18.6 Å². The average molecular weight is 304 g/mol. The van der Waals surface area contributed by atoms with E-state index in [0.29, 0.717) is 6.61 Å². The fourth-order valence-corrected chi connectivity index (χ4v) is 2.97. The second-order valence-electron chi connectivity index (χ2n) is 5.41. The van der Waals surface area contributed by atoms with Crippen LogP contribution in [0.3, 0.4) is 0 Å². The van der Waals surface area contributed by atoms with Crippen LogP contribution in [0.1, 0.15) is 77.0 Å².